The standard InChI is InChI=1S/C13H21N5O/c1-13(2)4-3-6-18(7-5-13)12(19)10-8-16-11(17-14)9-15-10/h8-9H,3-7,14H2,1-2H3,(H,16,17). The number of hydrazine groups is 1. The van der Waals surface area contributed by atoms with Gasteiger partial charge in [-0.3, -0.25) is 4.79 Å². The lowest BCUT2D eigenvalue weighted by Gasteiger charge is -2.23. The zero-order valence-electron chi connectivity index (χ0n) is 11.5. The highest BCUT2D eigenvalue weighted by molar-refractivity contribution is 5.92. The first-order valence-corrected chi connectivity index (χ1v) is 6.60. The molecule has 0 atom stereocenters. The van der Waals surface area contributed by atoms with Gasteiger partial charge >= 0.3 is 0 Å². The van der Waals surface area contributed by atoms with E-state index < -0.39 is 0 Å². The number of nitrogens with two attached hydrogens (primary N) is 1. The van der Waals surface area contributed by atoms with Crippen molar-refractivity contribution in [3.8, 4) is 0 Å². The van der Waals surface area contributed by atoms with Crippen LogP contribution in [0.15, 0.2) is 12.4 Å². The number of rotatable bonds is 2. The summed E-state index contributed by atoms with van der Waals surface area (Å²) in [6, 6.07) is 0. The molecule has 2 heterocycles. The first-order chi connectivity index (χ1) is 9.02. The molecule has 19 heavy (non-hydrogen) atoms. The van der Waals surface area contributed by atoms with Crippen molar-refractivity contribution >= 4 is 11.7 Å². The Bertz CT molecular complexity index is 443. The second-order valence-corrected chi connectivity index (χ2v) is 5.74. The van der Waals surface area contributed by atoms with E-state index in [4.69, 9.17) is 5.84 Å². The quantitative estimate of drug-likeness (QED) is 0.622. The monoisotopic (exact) mass is 263 g/mol. The average Bonchev–Trinajstić information content (AvgIpc) is 2.59. The minimum absolute atomic E-state index is 0.0474. The SMILES string of the molecule is CC1(C)CCCN(C(=O)c2cnc(NN)cn2)CC1. The van der Waals surface area contributed by atoms with Crippen LogP contribution in [0.5, 0.6) is 0 Å². The molecule has 1 fully saturated rings. The van der Waals surface area contributed by atoms with Gasteiger partial charge in [0.25, 0.3) is 5.91 Å². The first kappa shape index (κ1) is 13.7. The van der Waals surface area contributed by atoms with Gasteiger partial charge in [0, 0.05) is 13.1 Å². The van der Waals surface area contributed by atoms with Crippen LogP contribution in [0.3, 0.4) is 0 Å². The summed E-state index contributed by atoms with van der Waals surface area (Å²) in [5.74, 6) is 5.63. The number of nitrogens with one attached hydrogen (secondary N) is 1. The number of nitrogens with zero attached hydrogens (tertiary/aromatic N) is 3. The van der Waals surface area contributed by atoms with E-state index in [2.05, 4.69) is 29.2 Å². The second kappa shape index (κ2) is 5.52. The molecule has 1 aromatic rings. The van der Waals surface area contributed by atoms with Gasteiger partial charge < -0.3 is 10.3 Å². The molecule has 0 aliphatic carbocycles. The molecule has 1 amide bonds. The topological polar surface area (TPSA) is 84.1 Å². The molecule has 1 aliphatic heterocycles. The van der Waals surface area contributed by atoms with Crippen molar-refractivity contribution < 1.29 is 4.79 Å². The first-order valence-electron chi connectivity index (χ1n) is 6.60. The van der Waals surface area contributed by atoms with Gasteiger partial charge in [-0.25, -0.2) is 15.8 Å². The molecule has 0 bridgehead atoms. The van der Waals surface area contributed by atoms with Crippen molar-refractivity contribution in [1.29, 1.82) is 0 Å². The van der Waals surface area contributed by atoms with E-state index in [1.165, 1.54) is 12.4 Å². The number of nitrogen functional groups attached to an aromatic ring is 1. The number of carbonyl (C=O) groups is 1. The molecule has 1 aliphatic rings. The van der Waals surface area contributed by atoms with E-state index in [0.29, 0.717) is 16.9 Å². The van der Waals surface area contributed by atoms with Crippen molar-refractivity contribution in [2.45, 2.75) is 33.1 Å². The number of amides is 1. The molecule has 0 saturated carbocycles. The van der Waals surface area contributed by atoms with Crippen molar-refractivity contribution in [2.24, 2.45) is 11.3 Å². The third-order valence-electron chi connectivity index (χ3n) is 3.65. The van der Waals surface area contributed by atoms with Gasteiger partial charge in [-0.1, -0.05) is 13.8 Å². The third kappa shape index (κ3) is 3.41. The van der Waals surface area contributed by atoms with E-state index in [-0.39, 0.29) is 5.91 Å². The van der Waals surface area contributed by atoms with Gasteiger partial charge in [0.05, 0.1) is 12.4 Å². The lowest BCUT2D eigenvalue weighted by atomic mass is 9.85. The lowest BCUT2D eigenvalue weighted by molar-refractivity contribution is 0.0751. The highest BCUT2D eigenvalue weighted by atomic mass is 16.2. The Morgan fingerprint density at radius 3 is 2.74 bits per heavy atom. The second-order valence-electron chi connectivity index (χ2n) is 5.74. The van der Waals surface area contributed by atoms with Gasteiger partial charge in [0.2, 0.25) is 0 Å². The molecule has 2 rings (SSSR count). The van der Waals surface area contributed by atoms with Crippen LogP contribution in [-0.4, -0.2) is 33.9 Å². The molecular weight excluding hydrogens is 242 g/mol. The van der Waals surface area contributed by atoms with E-state index in [1.807, 2.05) is 4.90 Å². The van der Waals surface area contributed by atoms with Crippen LogP contribution in [0.2, 0.25) is 0 Å². The Hall–Kier alpha value is -1.69. The normalized spacial score (nSPS) is 18.8. The Labute approximate surface area is 113 Å². The van der Waals surface area contributed by atoms with Gasteiger partial charge in [-0.05, 0) is 24.7 Å². The van der Waals surface area contributed by atoms with Gasteiger partial charge in [-0.2, -0.15) is 0 Å². The minimum Gasteiger partial charge on any atom is -0.337 e. The van der Waals surface area contributed by atoms with Crippen LogP contribution in [0.4, 0.5) is 5.82 Å². The number of likely N-dealkylation sites (tertiary alicyclic amines) is 1. The van der Waals surface area contributed by atoms with Crippen molar-refractivity contribution in [2.75, 3.05) is 18.5 Å². The fraction of sp³-hybridized carbons (Fsp3) is 0.615. The molecule has 0 spiro atoms. The molecule has 0 radical (unpaired) electrons. The summed E-state index contributed by atoms with van der Waals surface area (Å²) in [4.78, 5) is 22.3. The summed E-state index contributed by atoms with van der Waals surface area (Å²) >= 11 is 0. The molecule has 6 nitrogen and oxygen atoms in total. The van der Waals surface area contributed by atoms with Crippen LogP contribution in [0, 0.1) is 5.41 Å². The molecule has 0 aromatic carbocycles. The highest BCUT2D eigenvalue weighted by Gasteiger charge is 2.26. The summed E-state index contributed by atoms with van der Waals surface area (Å²) in [7, 11) is 0. The maximum Gasteiger partial charge on any atom is 0.274 e. The van der Waals surface area contributed by atoms with E-state index >= 15 is 0 Å². The Morgan fingerprint density at radius 1 is 1.32 bits per heavy atom. The molecule has 1 aromatic heterocycles. The predicted molar refractivity (Wildman–Crippen MR) is 73.4 cm³/mol. The number of carbonyl (C=O) groups excluding carboxylic acids is 1. The van der Waals surface area contributed by atoms with Gasteiger partial charge in [0.1, 0.15) is 5.69 Å². The van der Waals surface area contributed by atoms with Crippen LogP contribution in [-0.2, 0) is 0 Å². The fourth-order valence-electron chi connectivity index (χ4n) is 2.30. The molecule has 1 saturated heterocycles. The van der Waals surface area contributed by atoms with Gasteiger partial charge in [-0.15, -0.1) is 0 Å². The summed E-state index contributed by atoms with van der Waals surface area (Å²) in [5, 5.41) is 0. The van der Waals surface area contributed by atoms with E-state index in [1.54, 1.807) is 0 Å². The molecule has 3 N–H and O–H groups in total. The Balaban J connectivity index is 2.06. The Kier molecular flexibility index (Phi) is 3.99. The van der Waals surface area contributed by atoms with Crippen molar-refractivity contribution in [3.63, 3.8) is 0 Å². The number of aromatic nitrogens is 2. The average molecular weight is 263 g/mol. The fourth-order valence-corrected chi connectivity index (χ4v) is 2.30. The summed E-state index contributed by atoms with van der Waals surface area (Å²) < 4.78 is 0. The minimum atomic E-state index is -0.0474. The summed E-state index contributed by atoms with van der Waals surface area (Å²) in [5.41, 5.74) is 3.08. The molecule has 104 valence electrons. The van der Waals surface area contributed by atoms with Crippen LogP contribution in [0.1, 0.15) is 43.6 Å². The largest absolute Gasteiger partial charge is 0.337 e. The zero-order chi connectivity index (χ0) is 13.9. The summed E-state index contributed by atoms with van der Waals surface area (Å²) in [6.07, 6.45) is 6.14. The van der Waals surface area contributed by atoms with Crippen molar-refractivity contribution in [3.05, 3.63) is 18.1 Å². The Morgan fingerprint density at radius 2 is 2.11 bits per heavy atom. The maximum absolute atomic E-state index is 12.3. The number of hydrogen-bond acceptors (Lipinski definition) is 5. The van der Waals surface area contributed by atoms with Gasteiger partial charge in [0.15, 0.2) is 5.82 Å². The highest BCUT2D eigenvalue weighted by Crippen LogP contribution is 2.30. The maximum atomic E-state index is 12.3. The van der Waals surface area contributed by atoms with Crippen molar-refractivity contribution in [1.82, 2.24) is 14.9 Å². The number of hydrogen-bond donors (Lipinski definition) is 2. The van der Waals surface area contributed by atoms with Crippen LogP contribution in [0.25, 0.3) is 0 Å². The number of anilines is 1. The predicted octanol–water partition coefficient (Wildman–Crippen LogP) is 1.41. The summed E-state index contributed by atoms with van der Waals surface area (Å²) in [6.45, 7) is 6.08. The molecule has 0 unspecified atom stereocenters. The van der Waals surface area contributed by atoms with Crippen LogP contribution >= 0.6 is 0 Å². The smallest absolute Gasteiger partial charge is 0.274 e. The molecular formula is C13H21N5O. The molecule has 6 heteroatoms. The van der Waals surface area contributed by atoms with E-state index in [0.717, 1.165) is 32.4 Å². The third-order valence-corrected chi connectivity index (χ3v) is 3.65. The zero-order valence-corrected chi connectivity index (χ0v) is 11.5. The van der Waals surface area contributed by atoms with E-state index in [9.17, 15) is 4.79 Å². The van der Waals surface area contributed by atoms with Crippen LogP contribution < -0.4 is 11.3 Å². The lowest BCUT2D eigenvalue weighted by Crippen LogP contribution is -2.33.